The van der Waals surface area contributed by atoms with E-state index in [2.05, 4.69) is 15.6 Å². The Bertz CT molecular complexity index is 486. The van der Waals surface area contributed by atoms with Crippen molar-refractivity contribution in [2.75, 3.05) is 39.4 Å². The normalized spacial score (nSPS) is 24.2. The number of piperidine rings is 1. The van der Waals surface area contributed by atoms with Crippen molar-refractivity contribution in [3.05, 3.63) is 11.9 Å². The van der Waals surface area contributed by atoms with E-state index < -0.39 is 0 Å². The van der Waals surface area contributed by atoms with Gasteiger partial charge in [0.05, 0.1) is 31.6 Å². The third-order valence-corrected chi connectivity index (χ3v) is 4.04. The molecule has 3 heterocycles. The Balaban J connectivity index is 1.66. The van der Waals surface area contributed by atoms with Crippen LogP contribution in [0.25, 0.3) is 0 Å². The van der Waals surface area contributed by atoms with Crippen molar-refractivity contribution in [2.45, 2.75) is 25.0 Å². The summed E-state index contributed by atoms with van der Waals surface area (Å²) in [5.74, 6) is -0.142. The number of hydrogen-bond donors (Lipinski definition) is 2. The minimum absolute atomic E-state index is 0.0778. The highest BCUT2D eigenvalue weighted by Crippen LogP contribution is 2.18. The van der Waals surface area contributed by atoms with Crippen LogP contribution in [0.15, 0.2) is 6.20 Å². The van der Waals surface area contributed by atoms with Gasteiger partial charge >= 0.3 is 0 Å². The molecule has 21 heavy (non-hydrogen) atoms. The van der Waals surface area contributed by atoms with Crippen LogP contribution < -0.4 is 5.32 Å². The summed E-state index contributed by atoms with van der Waals surface area (Å²) in [6.07, 6.45) is 3.44. The highest BCUT2D eigenvalue weighted by molar-refractivity contribution is 5.92. The van der Waals surface area contributed by atoms with E-state index in [9.17, 15) is 4.79 Å². The van der Waals surface area contributed by atoms with Gasteiger partial charge < -0.3 is 20.1 Å². The van der Waals surface area contributed by atoms with E-state index in [0.717, 1.165) is 25.9 Å². The van der Waals surface area contributed by atoms with Crippen LogP contribution in [0.1, 0.15) is 29.4 Å². The predicted octanol–water partition coefficient (Wildman–Crippen LogP) is -0.964. The molecular formula is C13H21N5O3. The number of aromatic nitrogens is 3. The molecule has 2 N–H and O–H groups in total. The highest BCUT2D eigenvalue weighted by atomic mass is 16.5. The number of amides is 1. The molecule has 2 aliphatic rings. The average molecular weight is 295 g/mol. The summed E-state index contributed by atoms with van der Waals surface area (Å²) in [7, 11) is 0. The summed E-state index contributed by atoms with van der Waals surface area (Å²) in [5, 5.41) is 20.6. The lowest BCUT2D eigenvalue weighted by atomic mass is 10.1. The molecule has 2 aliphatic heterocycles. The van der Waals surface area contributed by atoms with Crippen LogP contribution in [-0.4, -0.2) is 76.4 Å². The maximum atomic E-state index is 12.4. The molecule has 8 nitrogen and oxygen atoms in total. The van der Waals surface area contributed by atoms with Crippen molar-refractivity contribution in [1.82, 2.24) is 25.2 Å². The van der Waals surface area contributed by atoms with Gasteiger partial charge in [-0.25, -0.2) is 4.68 Å². The van der Waals surface area contributed by atoms with Gasteiger partial charge in [0.15, 0.2) is 5.69 Å². The number of ether oxygens (including phenoxy) is 1. The molecule has 0 bridgehead atoms. The highest BCUT2D eigenvalue weighted by Gasteiger charge is 2.27. The van der Waals surface area contributed by atoms with E-state index in [1.165, 1.54) is 0 Å². The largest absolute Gasteiger partial charge is 0.394 e. The Labute approximate surface area is 123 Å². The zero-order chi connectivity index (χ0) is 14.7. The molecule has 1 atom stereocenters. The number of morpholine rings is 1. The quantitative estimate of drug-likeness (QED) is 0.746. The minimum atomic E-state index is -0.304. The van der Waals surface area contributed by atoms with Crippen LogP contribution in [0, 0.1) is 0 Å². The van der Waals surface area contributed by atoms with Crippen molar-refractivity contribution < 1.29 is 14.6 Å². The molecule has 1 aromatic heterocycles. The molecule has 0 aromatic carbocycles. The van der Waals surface area contributed by atoms with Gasteiger partial charge in [0.25, 0.3) is 5.91 Å². The van der Waals surface area contributed by atoms with Crippen molar-refractivity contribution in [1.29, 1.82) is 0 Å². The lowest BCUT2D eigenvalue weighted by Crippen LogP contribution is -2.47. The van der Waals surface area contributed by atoms with Crippen LogP contribution in [0.2, 0.25) is 0 Å². The number of aliphatic hydroxyl groups excluding tert-OH is 1. The van der Waals surface area contributed by atoms with Crippen LogP contribution in [-0.2, 0) is 4.74 Å². The molecule has 2 saturated heterocycles. The third kappa shape index (κ3) is 3.22. The average Bonchev–Trinajstić information content (AvgIpc) is 3.05. The van der Waals surface area contributed by atoms with Gasteiger partial charge in [-0.1, -0.05) is 5.21 Å². The van der Waals surface area contributed by atoms with E-state index in [1.54, 1.807) is 15.8 Å². The molecular weight excluding hydrogens is 274 g/mol. The van der Waals surface area contributed by atoms with E-state index in [1.807, 2.05) is 0 Å². The van der Waals surface area contributed by atoms with Crippen molar-refractivity contribution in [3.8, 4) is 0 Å². The number of rotatable bonds is 3. The monoisotopic (exact) mass is 295 g/mol. The van der Waals surface area contributed by atoms with Gasteiger partial charge in [-0.05, 0) is 25.9 Å². The lowest BCUT2D eigenvalue weighted by Gasteiger charge is -2.31. The second-order valence-corrected chi connectivity index (χ2v) is 5.49. The first-order chi connectivity index (χ1) is 10.3. The van der Waals surface area contributed by atoms with E-state index in [4.69, 9.17) is 9.84 Å². The molecule has 0 saturated carbocycles. The van der Waals surface area contributed by atoms with Crippen LogP contribution in [0.3, 0.4) is 0 Å². The first kappa shape index (κ1) is 14.4. The fourth-order valence-electron chi connectivity index (χ4n) is 2.80. The Morgan fingerprint density at radius 3 is 3.05 bits per heavy atom. The number of carbonyl (C=O) groups excluding carboxylic acids is 1. The summed E-state index contributed by atoms with van der Waals surface area (Å²) in [4.78, 5) is 14.1. The number of hydrogen-bond acceptors (Lipinski definition) is 6. The Morgan fingerprint density at radius 1 is 1.48 bits per heavy atom. The fourth-order valence-corrected chi connectivity index (χ4v) is 2.80. The summed E-state index contributed by atoms with van der Waals surface area (Å²) in [6, 6.07) is 0.315. The van der Waals surface area contributed by atoms with Gasteiger partial charge in [-0.3, -0.25) is 4.79 Å². The van der Waals surface area contributed by atoms with Crippen LogP contribution in [0.5, 0.6) is 0 Å². The predicted molar refractivity (Wildman–Crippen MR) is 73.9 cm³/mol. The molecule has 1 amide bonds. The number of nitrogens with zero attached hydrogens (tertiary/aromatic N) is 4. The first-order valence-corrected chi connectivity index (χ1v) is 7.42. The Kier molecular flexibility index (Phi) is 4.47. The van der Waals surface area contributed by atoms with Gasteiger partial charge in [0.1, 0.15) is 0 Å². The van der Waals surface area contributed by atoms with Crippen LogP contribution >= 0.6 is 0 Å². The molecule has 0 spiro atoms. The second kappa shape index (κ2) is 6.50. The van der Waals surface area contributed by atoms with E-state index >= 15 is 0 Å². The maximum absolute atomic E-state index is 12.4. The maximum Gasteiger partial charge on any atom is 0.276 e. The van der Waals surface area contributed by atoms with Gasteiger partial charge in [0.2, 0.25) is 0 Å². The first-order valence-electron chi connectivity index (χ1n) is 7.42. The number of aliphatic hydroxyl groups is 1. The Morgan fingerprint density at radius 2 is 2.29 bits per heavy atom. The number of nitrogens with one attached hydrogen (secondary N) is 1. The molecule has 8 heteroatoms. The van der Waals surface area contributed by atoms with Crippen molar-refractivity contribution in [3.63, 3.8) is 0 Å². The second-order valence-electron chi connectivity index (χ2n) is 5.49. The molecule has 116 valence electrons. The topological polar surface area (TPSA) is 92.5 Å². The summed E-state index contributed by atoms with van der Waals surface area (Å²) in [6.45, 7) is 3.22. The summed E-state index contributed by atoms with van der Waals surface area (Å²) >= 11 is 0. The van der Waals surface area contributed by atoms with E-state index in [0.29, 0.717) is 31.4 Å². The zero-order valence-electron chi connectivity index (χ0n) is 11.9. The van der Waals surface area contributed by atoms with Gasteiger partial charge in [-0.2, -0.15) is 0 Å². The van der Waals surface area contributed by atoms with Crippen molar-refractivity contribution >= 4 is 5.91 Å². The molecule has 0 radical (unpaired) electrons. The standard InChI is InChI=1S/C13H21N5O3/c19-9-11-7-17(5-6-21-11)13(20)12-8-18(16-15-12)10-1-3-14-4-2-10/h8,10-11,14,19H,1-7,9H2. The summed E-state index contributed by atoms with van der Waals surface area (Å²) < 4.78 is 7.16. The smallest absolute Gasteiger partial charge is 0.276 e. The molecule has 0 aliphatic carbocycles. The van der Waals surface area contributed by atoms with Crippen LogP contribution in [0.4, 0.5) is 0 Å². The van der Waals surface area contributed by atoms with Gasteiger partial charge in [0, 0.05) is 13.1 Å². The summed E-state index contributed by atoms with van der Waals surface area (Å²) in [5.41, 5.74) is 0.368. The van der Waals surface area contributed by atoms with Gasteiger partial charge in [-0.15, -0.1) is 5.10 Å². The molecule has 2 fully saturated rings. The SMILES string of the molecule is O=C(c1cn(C2CCNCC2)nn1)N1CCOC(CO)C1. The fraction of sp³-hybridized carbons (Fsp3) is 0.769. The minimum Gasteiger partial charge on any atom is -0.394 e. The molecule has 1 aromatic rings. The lowest BCUT2D eigenvalue weighted by molar-refractivity contribution is -0.0448. The third-order valence-electron chi connectivity index (χ3n) is 4.04. The molecule has 3 rings (SSSR count). The zero-order valence-corrected chi connectivity index (χ0v) is 11.9. The van der Waals surface area contributed by atoms with Crippen molar-refractivity contribution in [2.24, 2.45) is 0 Å². The number of carbonyl (C=O) groups is 1. The van der Waals surface area contributed by atoms with E-state index in [-0.39, 0.29) is 18.6 Å². The Hall–Kier alpha value is -1.51. The molecule has 1 unspecified atom stereocenters.